The summed E-state index contributed by atoms with van der Waals surface area (Å²) in [5.74, 6) is 0.714. The van der Waals surface area contributed by atoms with Crippen molar-refractivity contribution in [3.63, 3.8) is 0 Å². The van der Waals surface area contributed by atoms with Gasteiger partial charge in [0.1, 0.15) is 0 Å². The second-order valence-electron chi connectivity index (χ2n) is 12.1. The molecule has 4 unspecified atom stereocenters. The average molecular weight is 440 g/mol. The van der Waals surface area contributed by atoms with Gasteiger partial charge in [-0.1, -0.05) is 40.0 Å². The van der Waals surface area contributed by atoms with E-state index < -0.39 is 7.05 Å². The third kappa shape index (κ3) is 3.73. The highest BCUT2D eigenvalue weighted by Crippen LogP contribution is 2.62. The van der Waals surface area contributed by atoms with Crippen LogP contribution in [-0.2, 0) is 12.8 Å². The Hall–Kier alpha value is -1.34. The van der Waals surface area contributed by atoms with E-state index in [4.69, 9.17) is 5.10 Å². The summed E-state index contributed by atoms with van der Waals surface area (Å²) in [6.45, 7) is 8.81. The second kappa shape index (κ2) is 8.16. The van der Waals surface area contributed by atoms with Crippen LogP contribution in [0, 0.1) is 16.7 Å². The second-order valence-corrected chi connectivity index (χ2v) is 12.1. The van der Waals surface area contributed by atoms with Crippen LogP contribution in [0.25, 0.3) is 0 Å². The van der Waals surface area contributed by atoms with Crippen LogP contribution in [0.15, 0.2) is 0 Å². The first kappa shape index (κ1) is 22.5. The van der Waals surface area contributed by atoms with Crippen LogP contribution in [-0.4, -0.2) is 39.8 Å². The summed E-state index contributed by atoms with van der Waals surface area (Å²) in [4.78, 5) is 13.7. The van der Waals surface area contributed by atoms with E-state index in [1.165, 1.54) is 57.1 Å². The molecule has 1 heterocycles. The summed E-state index contributed by atoms with van der Waals surface area (Å²) in [6, 6.07) is 0.818. The van der Waals surface area contributed by atoms with E-state index in [-0.39, 0.29) is 28.8 Å². The lowest BCUT2D eigenvalue weighted by molar-refractivity contribution is 0.0731. The Kier molecular flexibility index (Phi) is 5.72. The lowest BCUT2D eigenvalue weighted by Gasteiger charge is -2.43. The Labute approximate surface area is 193 Å². The highest BCUT2D eigenvalue weighted by Gasteiger charge is 2.59. The van der Waals surface area contributed by atoms with Crippen molar-refractivity contribution in [1.29, 1.82) is 0 Å². The Bertz CT molecular complexity index is 871. The van der Waals surface area contributed by atoms with Crippen molar-refractivity contribution in [2.75, 3.05) is 0 Å². The van der Waals surface area contributed by atoms with Gasteiger partial charge in [-0.2, -0.15) is 5.10 Å². The molecule has 3 fully saturated rings. The summed E-state index contributed by atoms with van der Waals surface area (Å²) in [5.41, 5.74) is 3.36. The monoisotopic (exact) mass is 440 g/mol. The van der Waals surface area contributed by atoms with Crippen LogP contribution >= 0.6 is 0 Å². The number of carbonyl (C=O) groups excluding carboxylic acids is 1. The van der Waals surface area contributed by atoms with Crippen molar-refractivity contribution in [3.8, 4) is 0 Å². The molecule has 5 rings (SSSR count). The third-order valence-corrected chi connectivity index (χ3v) is 9.46. The number of carbonyl (C=O) groups is 1. The number of hydrogen-bond donors (Lipinski definition) is 3. The molecule has 4 aliphatic carbocycles. The average Bonchev–Trinajstić information content (AvgIpc) is 3.38. The van der Waals surface area contributed by atoms with Gasteiger partial charge < -0.3 is 15.6 Å². The summed E-state index contributed by atoms with van der Waals surface area (Å²) in [6.07, 6.45) is 12.5. The quantitative estimate of drug-likeness (QED) is 0.607. The van der Waals surface area contributed by atoms with E-state index in [1.54, 1.807) is 6.82 Å². The van der Waals surface area contributed by atoms with Gasteiger partial charge in [-0.3, -0.25) is 9.48 Å². The van der Waals surface area contributed by atoms with Crippen molar-refractivity contribution < 1.29 is 9.82 Å². The van der Waals surface area contributed by atoms with Crippen molar-refractivity contribution in [2.24, 2.45) is 16.7 Å². The fourth-order valence-corrected chi connectivity index (χ4v) is 7.80. The van der Waals surface area contributed by atoms with Crippen LogP contribution in [0.5, 0.6) is 0 Å². The fourth-order valence-electron chi connectivity index (χ4n) is 7.80. The molecule has 0 radical (unpaired) electrons. The highest BCUT2D eigenvalue weighted by atomic mass is 16.2. The van der Waals surface area contributed by atoms with Gasteiger partial charge in [-0.05, 0) is 74.9 Å². The molecule has 0 spiro atoms. The Morgan fingerprint density at radius 2 is 1.91 bits per heavy atom. The summed E-state index contributed by atoms with van der Waals surface area (Å²) >= 11 is 0. The zero-order chi connectivity index (χ0) is 22.7. The third-order valence-electron chi connectivity index (χ3n) is 9.46. The summed E-state index contributed by atoms with van der Waals surface area (Å²) in [5, 5.41) is 21.7. The molecule has 176 valence electrons. The maximum atomic E-state index is 13.7. The molecule has 1 aromatic heterocycles. The SMILES string of the molecule is CB(O)NC1CCc2c(c(C(=O)NC3C4(C)CCC(C4)C3(C)C)nn2C2CCCCC2)C1. The predicted octanol–water partition coefficient (Wildman–Crippen LogP) is 3.89. The molecule has 0 saturated heterocycles. The van der Waals surface area contributed by atoms with E-state index >= 15 is 0 Å². The molecule has 2 bridgehead atoms. The van der Waals surface area contributed by atoms with Crippen LogP contribution in [0.4, 0.5) is 0 Å². The predicted molar refractivity (Wildman–Crippen MR) is 128 cm³/mol. The van der Waals surface area contributed by atoms with Gasteiger partial charge >= 0.3 is 7.05 Å². The van der Waals surface area contributed by atoms with Gasteiger partial charge in [-0.25, -0.2) is 0 Å². The van der Waals surface area contributed by atoms with E-state index in [2.05, 4.69) is 36.0 Å². The number of aromatic nitrogens is 2. The van der Waals surface area contributed by atoms with Crippen LogP contribution < -0.4 is 10.5 Å². The van der Waals surface area contributed by atoms with Crippen LogP contribution in [0.2, 0.25) is 6.82 Å². The Morgan fingerprint density at radius 3 is 2.56 bits per heavy atom. The van der Waals surface area contributed by atoms with Gasteiger partial charge in [-0.15, -0.1) is 0 Å². The minimum atomic E-state index is -0.540. The molecule has 3 saturated carbocycles. The summed E-state index contributed by atoms with van der Waals surface area (Å²) < 4.78 is 2.23. The molecule has 7 heteroatoms. The van der Waals surface area contributed by atoms with Crippen molar-refractivity contribution >= 4 is 13.0 Å². The minimum absolute atomic E-state index is 0.0142. The molecule has 0 aliphatic heterocycles. The number of rotatable bonds is 5. The van der Waals surface area contributed by atoms with Crippen molar-refractivity contribution in [1.82, 2.24) is 20.3 Å². The van der Waals surface area contributed by atoms with Crippen LogP contribution in [0.1, 0.15) is 106 Å². The van der Waals surface area contributed by atoms with Crippen molar-refractivity contribution in [2.45, 2.75) is 116 Å². The van der Waals surface area contributed by atoms with Gasteiger partial charge in [0.05, 0.1) is 6.04 Å². The lowest BCUT2D eigenvalue weighted by Crippen LogP contribution is -2.52. The smallest absolute Gasteiger partial charge is 0.373 e. The first-order valence-electron chi connectivity index (χ1n) is 13.0. The molecule has 4 atom stereocenters. The van der Waals surface area contributed by atoms with Gasteiger partial charge in [0.25, 0.3) is 5.91 Å². The zero-order valence-corrected chi connectivity index (χ0v) is 20.4. The van der Waals surface area contributed by atoms with Crippen LogP contribution in [0.3, 0.4) is 0 Å². The fraction of sp³-hybridized carbons (Fsp3) is 0.840. The standard InChI is InChI=1S/C25H41BN4O2/c1-24(2)16-12-13-25(3,15-16)23(24)27-22(31)21-19-14-17(28-26(4)32)10-11-20(19)30(29-21)18-8-6-5-7-9-18/h16-18,23,28,32H,5-15H2,1-4H3,(H,27,31). The zero-order valence-electron chi connectivity index (χ0n) is 20.4. The normalized spacial score (nSPS) is 33.8. The maximum absolute atomic E-state index is 13.7. The number of fused-ring (bicyclic) bond motifs is 3. The first-order valence-corrected chi connectivity index (χ1v) is 13.0. The Balaban J connectivity index is 1.45. The Morgan fingerprint density at radius 1 is 1.16 bits per heavy atom. The highest BCUT2D eigenvalue weighted by molar-refractivity contribution is 6.45. The topological polar surface area (TPSA) is 79.2 Å². The van der Waals surface area contributed by atoms with Gasteiger partial charge in [0, 0.05) is 23.3 Å². The number of hydrogen-bond acceptors (Lipinski definition) is 4. The molecule has 6 nitrogen and oxygen atoms in total. The van der Waals surface area contributed by atoms with E-state index in [0.29, 0.717) is 17.7 Å². The molecular formula is C25H41BN4O2. The number of amides is 1. The molecule has 1 amide bonds. The molecule has 3 N–H and O–H groups in total. The summed E-state index contributed by atoms with van der Waals surface area (Å²) in [7, 11) is -0.540. The molecule has 4 aliphatic rings. The number of nitrogens with zero attached hydrogens (tertiary/aromatic N) is 2. The van der Waals surface area contributed by atoms with E-state index in [0.717, 1.165) is 24.8 Å². The van der Waals surface area contributed by atoms with E-state index in [9.17, 15) is 9.82 Å². The van der Waals surface area contributed by atoms with Gasteiger partial charge in [0.15, 0.2) is 5.69 Å². The first-order chi connectivity index (χ1) is 15.2. The van der Waals surface area contributed by atoms with Crippen molar-refractivity contribution in [3.05, 3.63) is 17.0 Å². The maximum Gasteiger partial charge on any atom is 0.373 e. The number of nitrogens with one attached hydrogen (secondary N) is 2. The van der Waals surface area contributed by atoms with E-state index in [1.807, 2.05) is 0 Å². The van der Waals surface area contributed by atoms with Gasteiger partial charge in [0.2, 0.25) is 0 Å². The molecule has 32 heavy (non-hydrogen) atoms. The lowest BCUT2D eigenvalue weighted by atomic mass is 9.68. The molecule has 0 aromatic carbocycles. The molecular weight excluding hydrogens is 399 g/mol. The molecule has 1 aromatic rings. The largest absolute Gasteiger partial charge is 0.437 e. The minimum Gasteiger partial charge on any atom is -0.437 e.